The summed E-state index contributed by atoms with van der Waals surface area (Å²) in [7, 11) is 0. The zero-order chi connectivity index (χ0) is 15.6. The predicted molar refractivity (Wildman–Crippen MR) is 80.3 cm³/mol. The number of hydrogen-bond donors (Lipinski definition) is 0. The van der Waals surface area contributed by atoms with E-state index in [1.807, 2.05) is 0 Å². The second-order valence-electron chi connectivity index (χ2n) is 5.68. The third-order valence-electron chi connectivity index (χ3n) is 3.90. The van der Waals surface area contributed by atoms with E-state index in [2.05, 4.69) is 4.90 Å². The summed E-state index contributed by atoms with van der Waals surface area (Å²) in [6.07, 6.45) is 7.07. The fraction of sp³-hybridized carbons (Fsp3) is 0.750. The third kappa shape index (κ3) is 6.58. The molecule has 0 aromatic carbocycles. The highest BCUT2D eigenvalue weighted by Gasteiger charge is 2.17. The molecule has 0 radical (unpaired) electrons. The number of carbonyl (C=O) groups excluding carboxylic acids is 2. The van der Waals surface area contributed by atoms with Crippen LogP contribution in [-0.2, 0) is 23.8 Å². The van der Waals surface area contributed by atoms with Gasteiger partial charge in [-0.1, -0.05) is 12.8 Å². The lowest BCUT2D eigenvalue weighted by atomic mass is 10.1. The Bertz CT molecular complexity index is 390. The molecular weight excluding hydrogens is 286 g/mol. The first-order valence-electron chi connectivity index (χ1n) is 8.09. The van der Waals surface area contributed by atoms with Crippen molar-refractivity contribution < 1.29 is 23.8 Å². The summed E-state index contributed by atoms with van der Waals surface area (Å²) in [6.45, 7) is 5.06. The van der Waals surface area contributed by atoms with Crippen LogP contribution in [0.1, 0.15) is 32.1 Å². The van der Waals surface area contributed by atoms with Gasteiger partial charge in [0.25, 0.3) is 0 Å². The molecule has 1 unspecified atom stereocenters. The molecule has 0 N–H and O–H groups in total. The van der Waals surface area contributed by atoms with Crippen LogP contribution >= 0.6 is 0 Å². The highest BCUT2D eigenvalue weighted by Crippen LogP contribution is 2.12. The quantitative estimate of drug-likeness (QED) is 0.521. The number of hydrogen-bond acceptors (Lipinski definition) is 6. The number of carbonyl (C=O) groups is 2. The summed E-state index contributed by atoms with van der Waals surface area (Å²) in [4.78, 5) is 25.0. The highest BCUT2D eigenvalue weighted by molar-refractivity contribution is 5.92. The van der Waals surface area contributed by atoms with E-state index in [0.717, 1.165) is 70.7 Å². The van der Waals surface area contributed by atoms with Crippen LogP contribution < -0.4 is 0 Å². The van der Waals surface area contributed by atoms with E-state index in [1.54, 1.807) is 0 Å². The first-order valence-corrected chi connectivity index (χ1v) is 8.09. The van der Waals surface area contributed by atoms with Crippen LogP contribution in [0.3, 0.4) is 0 Å². The molecule has 1 saturated heterocycles. The lowest BCUT2D eigenvalue weighted by Gasteiger charge is -2.26. The minimum atomic E-state index is -0.479. The Kier molecular flexibility index (Phi) is 7.39. The molecule has 1 atom stereocenters. The van der Waals surface area contributed by atoms with Crippen molar-refractivity contribution in [1.29, 1.82) is 0 Å². The van der Waals surface area contributed by atoms with Gasteiger partial charge in [-0.25, -0.2) is 9.59 Å². The number of nitrogens with zero attached hydrogens (tertiary/aromatic N) is 1. The number of cyclic esters (lactones) is 2. The first-order chi connectivity index (χ1) is 10.7. The standard InChI is InChI=1S/C16H25NO5/c18-15-6-7-16(19)22-14(13-21-15)5-3-1-2-4-8-17-9-11-20-12-10-17/h6-7,14H,1-5,8-13H2/b7-6-. The molecule has 2 rings (SSSR count). The van der Waals surface area contributed by atoms with Crippen molar-refractivity contribution >= 4 is 11.9 Å². The maximum Gasteiger partial charge on any atom is 0.331 e. The summed E-state index contributed by atoms with van der Waals surface area (Å²) in [5, 5.41) is 0. The van der Waals surface area contributed by atoms with E-state index in [1.165, 1.54) is 6.42 Å². The Balaban J connectivity index is 1.53. The van der Waals surface area contributed by atoms with Crippen LogP contribution in [0.2, 0.25) is 0 Å². The first kappa shape index (κ1) is 17.0. The third-order valence-corrected chi connectivity index (χ3v) is 3.90. The smallest absolute Gasteiger partial charge is 0.331 e. The Morgan fingerprint density at radius 1 is 1.00 bits per heavy atom. The van der Waals surface area contributed by atoms with Crippen molar-refractivity contribution in [3.05, 3.63) is 12.2 Å². The Morgan fingerprint density at radius 3 is 2.55 bits per heavy atom. The SMILES string of the molecule is O=C1/C=C\C(=O)OC(CCCCCCN2CCOCC2)CO1. The number of unbranched alkanes of at least 4 members (excludes halogenated alkanes) is 3. The minimum absolute atomic E-state index is 0.155. The zero-order valence-corrected chi connectivity index (χ0v) is 13.0. The van der Waals surface area contributed by atoms with Crippen LogP contribution in [0, 0.1) is 0 Å². The summed E-state index contributed by atoms with van der Waals surface area (Å²) in [5.41, 5.74) is 0. The summed E-state index contributed by atoms with van der Waals surface area (Å²) in [6, 6.07) is 0. The summed E-state index contributed by atoms with van der Waals surface area (Å²) >= 11 is 0. The molecular formula is C16H25NO5. The monoisotopic (exact) mass is 311 g/mol. The zero-order valence-electron chi connectivity index (χ0n) is 13.0. The van der Waals surface area contributed by atoms with Crippen LogP contribution in [0.5, 0.6) is 0 Å². The van der Waals surface area contributed by atoms with Gasteiger partial charge in [-0.3, -0.25) is 4.90 Å². The maximum absolute atomic E-state index is 11.4. The van der Waals surface area contributed by atoms with Gasteiger partial charge in [0, 0.05) is 25.2 Å². The van der Waals surface area contributed by atoms with Gasteiger partial charge in [0.2, 0.25) is 0 Å². The van der Waals surface area contributed by atoms with Gasteiger partial charge >= 0.3 is 11.9 Å². The number of morpholine rings is 1. The van der Waals surface area contributed by atoms with Gasteiger partial charge < -0.3 is 14.2 Å². The fourth-order valence-corrected chi connectivity index (χ4v) is 2.62. The molecule has 2 aliphatic rings. The largest absolute Gasteiger partial charge is 0.459 e. The van der Waals surface area contributed by atoms with Crippen LogP contribution in [-0.4, -0.2) is 62.4 Å². The van der Waals surface area contributed by atoms with Gasteiger partial charge in [-0.15, -0.1) is 0 Å². The topological polar surface area (TPSA) is 65.1 Å². The van der Waals surface area contributed by atoms with E-state index < -0.39 is 11.9 Å². The molecule has 0 saturated carbocycles. The number of ether oxygens (including phenoxy) is 3. The fourth-order valence-electron chi connectivity index (χ4n) is 2.62. The molecule has 124 valence electrons. The Hall–Kier alpha value is -1.40. The molecule has 1 fully saturated rings. The van der Waals surface area contributed by atoms with Crippen LogP contribution in [0.4, 0.5) is 0 Å². The number of rotatable bonds is 7. The van der Waals surface area contributed by atoms with Crippen molar-refractivity contribution in [3.8, 4) is 0 Å². The predicted octanol–water partition coefficient (Wildman–Crippen LogP) is 1.29. The van der Waals surface area contributed by atoms with Crippen molar-refractivity contribution in [2.75, 3.05) is 39.5 Å². The lowest BCUT2D eigenvalue weighted by Crippen LogP contribution is -2.36. The second kappa shape index (κ2) is 9.58. The van der Waals surface area contributed by atoms with Gasteiger partial charge in [0.15, 0.2) is 0 Å². The average molecular weight is 311 g/mol. The molecule has 2 aliphatic heterocycles. The molecule has 0 aromatic rings. The second-order valence-corrected chi connectivity index (χ2v) is 5.68. The van der Waals surface area contributed by atoms with Gasteiger partial charge in [0.05, 0.1) is 13.2 Å². The van der Waals surface area contributed by atoms with Crippen molar-refractivity contribution in [2.45, 2.75) is 38.2 Å². The minimum Gasteiger partial charge on any atom is -0.459 e. The molecule has 6 nitrogen and oxygen atoms in total. The van der Waals surface area contributed by atoms with E-state index in [9.17, 15) is 9.59 Å². The molecule has 0 aliphatic carbocycles. The van der Waals surface area contributed by atoms with Gasteiger partial charge in [0.1, 0.15) is 12.7 Å². The maximum atomic E-state index is 11.4. The van der Waals surface area contributed by atoms with E-state index in [4.69, 9.17) is 14.2 Å². The molecule has 0 amide bonds. The van der Waals surface area contributed by atoms with Crippen molar-refractivity contribution in [1.82, 2.24) is 4.90 Å². The summed E-state index contributed by atoms with van der Waals surface area (Å²) < 4.78 is 15.5. The van der Waals surface area contributed by atoms with Crippen molar-refractivity contribution in [2.24, 2.45) is 0 Å². The molecule has 6 heteroatoms. The Morgan fingerprint density at radius 2 is 1.73 bits per heavy atom. The van der Waals surface area contributed by atoms with Gasteiger partial charge in [-0.2, -0.15) is 0 Å². The van der Waals surface area contributed by atoms with E-state index in [0.29, 0.717) is 0 Å². The highest BCUT2D eigenvalue weighted by atomic mass is 16.6. The summed E-state index contributed by atoms with van der Waals surface area (Å²) in [5.74, 6) is -0.943. The van der Waals surface area contributed by atoms with Crippen LogP contribution in [0.15, 0.2) is 12.2 Å². The van der Waals surface area contributed by atoms with Crippen molar-refractivity contribution in [3.63, 3.8) is 0 Å². The molecule has 22 heavy (non-hydrogen) atoms. The van der Waals surface area contributed by atoms with E-state index in [-0.39, 0.29) is 12.7 Å². The van der Waals surface area contributed by atoms with Gasteiger partial charge in [-0.05, 0) is 25.8 Å². The molecule has 0 aromatic heterocycles. The Labute approximate surface area is 131 Å². The molecule has 0 bridgehead atoms. The van der Waals surface area contributed by atoms with Crippen LogP contribution in [0.25, 0.3) is 0 Å². The molecule has 0 spiro atoms. The normalized spacial score (nSPS) is 25.0. The average Bonchev–Trinajstić information content (AvgIpc) is 2.53. The van der Waals surface area contributed by atoms with E-state index >= 15 is 0 Å². The number of esters is 2. The lowest BCUT2D eigenvalue weighted by molar-refractivity contribution is -0.155. The molecule has 2 heterocycles.